The van der Waals surface area contributed by atoms with Crippen LogP contribution in [0.5, 0.6) is 0 Å². The highest BCUT2D eigenvalue weighted by Gasteiger charge is 2.03. The predicted octanol–water partition coefficient (Wildman–Crippen LogP) is 0.691. The third-order valence-electron chi connectivity index (χ3n) is 1.76. The van der Waals surface area contributed by atoms with Crippen molar-refractivity contribution in [2.45, 2.75) is 6.92 Å². The quantitative estimate of drug-likeness (QED) is 0.581. The molecule has 0 aliphatic carbocycles. The van der Waals surface area contributed by atoms with E-state index in [1.807, 2.05) is 0 Å². The van der Waals surface area contributed by atoms with Gasteiger partial charge in [0.15, 0.2) is 0 Å². The van der Waals surface area contributed by atoms with Crippen molar-refractivity contribution >= 4 is 29.0 Å². The van der Waals surface area contributed by atoms with Gasteiger partial charge in [-0.1, -0.05) is 12.2 Å². The Bertz CT molecular complexity index is 395. The van der Waals surface area contributed by atoms with Crippen LogP contribution in [-0.4, -0.2) is 29.1 Å². The van der Waals surface area contributed by atoms with Crippen LogP contribution < -0.4 is 11.1 Å². The molecule has 0 aliphatic rings. The normalized spacial score (nSPS) is 9.56. The number of nitrogens with two attached hydrogens (primary N) is 1. The minimum atomic E-state index is -0.329. The molecule has 0 bridgehead atoms. The molecule has 0 aromatic carbocycles. The zero-order chi connectivity index (χ0) is 12.0. The van der Waals surface area contributed by atoms with Crippen molar-refractivity contribution in [2.24, 2.45) is 5.73 Å². The Hall–Kier alpha value is -1.69. The standard InChI is InChI=1S/C10H13N3O2S/c1-2-15-9(14)6-13-8-5-7(10(11)16)3-4-12-8/h3-5H,2,6H2,1H3,(H2,11,16)(H,12,13). The predicted molar refractivity (Wildman–Crippen MR) is 65.2 cm³/mol. The third-order valence-corrected chi connectivity index (χ3v) is 2.00. The van der Waals surface area contributed by atoms with Crippen LogP contribution in [0.15, 0.2) is 18.3 Å². The van der Waals surface area contributed by atoms with Crippen LogP contribution in [0.25, 0.3) is 0 Å². The van der Waals surface area contributed by atoms with Gasteiger partial charge in [-0.25, -0.2) is 4.98 Å². The number of rotatable bonds is 5. The molecule has 16 heavy (non-hydrogen) atoms. The topological polar surface area (TPSA) is 77.2 Å². The molecule has 1 aromatic heterocycles. The molecule has 5 nitrogen and oxygen atoms in total. The van der Waals surface area contributed by atoms with E-state index in [4.69, 9.17) is 22.7 Å². The zero-order valence-corrected chi connectivity index (χ0v) is 9.71. The van der Waals surface area contributed by atoms with Crippen LogP contribution in [0.3, 0.4) is 0 Å². The lowest BCUT2D eigenvalue weighted by molar-refractivity contribution is -0.140. The summed E-state index contributed by atoms with van der Waals surface area (Å²) in [7, 11) is 0. The summed E-state index contributed by atoms with van der Waals surface area (Å²) >= 11 is 4.83. The van der Waals surface area contributed by atoms with E-state index in [-0.39, 0.29) is 12.5 Å². The van der Waals surface area contributed by atoms with E-state index in [2.05, 4.69) is 10.3 Å². The highest BCUT2D eigenvalue weighted by Crippen LogP contribution is 2.06. The summed E-state index contributed by atoms with van der Waals surface area (Å²) in [4.78, 5) is 15.4. The Morgan fingerprint density at radius 2 is 2.44 bits per heavy atom. The fourth-order valence-corrected chi connectivity index (χ4v) is 1.18. The van der Waals surface area contributed by atoms with Gasteiger partial charge in [-0.15, -0.1) is 0 Å². The van der Waals surface area contributed by atoms with E-state index in [0.29, 0.717) is 23.0 Å². The number of pyridine rings is 1. The number of ether oxygens (including phenoxy) is 1. The minimum absolute atomic E-state index is 0.0711. The van der Waals surface area contributed by atoms with E-state index in [0.717, 1.165) is 0 Å². The van der Waals surface area contributed by atoms with Gasteiger partial charge in [0.1, 0.15) is 17.4 Å². The average Bonchev–Trinajstić information content (AvgIpc) is 2.27. The van der Waals surface area contributed by atoms with E-state index in [1.54, 1.807) is 25.3 Å². The van der Waals surface area contributed by atoms with E-state index >= 15 is 0 Å². The summed E-state index contributed by atoms with van der Waals surface area (Å²) in [5.41, 5.74) is 6.18. The molecular weight excluding hydrogens is 226 g/mol. The molecule has 1 heterocycles. The molecular formula is C10H13N3O2S. The second kappa shape index (κ2) is 6.02. The first kappa shape index (κ1) is 12.4. The summed E-state index contributed by atoms with van der Waals surface area (Å²) in [6.45, 7) is 2.19. The highest BCUT2D eigenvalue weighted by atomic mass is 32.1. The Labute approximate surface area is 99.0 Å². The molecule has 6 heteroatoms. The maximum Gasteiger partial charge on any atom is 0.325 e. The van der Waals surface area contributed by atoms with Gasteiger partial charge in [-0.05, 0) is 19.1 Å². The van der Waals surface area contributed by atoms with Gasteiger partial charge in [-0.3, -0.25) is 4.79 Å². The van der Waals surface area contributed by atoms with Crippen LogP contribution in [0.4, 0.5) is 5.82 Å². The molecule has 0 saturated heterocycles. The SMILES string of the molecule is CCOC(=O)CNc1cc(C(N)=S)ccn1. The monoisotopic (exact) mass is 239 g/mol. The van der Waals surface area contributed by atoms with Crippen molar-refractivity contribution in [3.8, 4) is 0 Å². The number of anilines is 1. The molecule has 0 aliphatic heterocycles. The average molecular weight is 239 g/mol. The minimum Gasteiger partial charge on any atom is -0.465 e. The molecule has 1 aromatic rings. The Morgan fingerprint density at radius 1 is 1.69 bits per heavy atom. The number of carbonyl (C=O) groups excluding carboxylic acids is 1. The third kappa shape index (κ3) is 3.82. The van der Waals surface area contributed by atoms with Crippen LogP contribution in [0.2, 0.25) is 0 Å². The lowest BCUT2D eigenvalue weighted by Gasteiger charge is -2.06. The van der Waals surface area contributed by atoms with Crippen molar-refractivity contribution < 1.29 is 9.53 Å². The van der Waals surface area contributed by atoms with Gasteiger partial charge in [0.2, 0.25) is 0 Å². The first-order valence-corrected chi connectivity index (χ1v) is 5.19. The summed E-state index contributed by atoms with van der Waals surface area (Å²) < 4.78 is 4.76. The van der Waals surface area contributed by atoms with E-state index in [9.17, 15) is 4.79 Å². The number of thiocarbonyl (C=S) groups is 1. The second-order valence-corrected chi connectivity index (χ2v) is 3.39. The first-order valence-electron chi connectivity index (χ1n) is 4.79. The van der Waals surface area contributed by atoms with Crippen LogP contribution in [0.1, 0.15) is 12.5 Å². The van der Waals surface area contributed by atoms with Gasteiger partial charge >= 0.3 is 5.97 Å². The van der Waals surface area contributed by atoms with Gasteiger partial charge in [0, 0.05) is 11.8 Å². The molecule has 86 valence electrons. The van der Waals surface area contributed by atoms with Gasteiger partial charge in [0.05, 0.1) is 6.61 Å². The fourth-order valence-electron chi connectivity index (χ4n) is 1.06. The van der Waals surface area contributed by atoms with Crippen molar-refractivity contribution in [3.63, 3.8) is 0 Å². The number of hydrogen-bond acceptors (Lipinski definition) is 5. The number of aromatic nitrogens is 1. The number of hydrogen-bond donors (Lipinski definition) is 2. The second-order valence-electron chi connectivity index (χ2n) is 2.95. The zero-order valence-electron chi connectivity index (χ0n) is 8.90. The Morgan fingerprint density at radius 3 is 3.06 bits per heavy atom. The molecule has 0 amide bonds. The Kier molecular flexibility index (Phi) is 4.65. The summed E-state index contributed by atoms with van der Waals surface area (Å²) in [6.07, 6.45) is 1.57. The van der Waals surface area contributed by atoms with Crippen molar-refractivity contribution in [2.75, 3.05) is 18.5 Å². The highest BCUT2D eigenvalue weighted by molar-refractivity contribution is 7.80. The molecule has 0 atom stereocenters. The molecule has 0 saturated carbocycles. The molecule has 1 rings (SSSR count). The lowest BCUT2D eigenvalue weighted by Crippen LogP contribution is -2.18. The van der Waals surface area contributed by atoms with Crippen molar-refractivity contribution in [1.82, 2.24) is 4.98 Å². The fraction of sp³-hybridized carbons (Fsp3) is 0.300. The summed E-state index contributed by atoms with van der Waals surface area (Å²) in [6, 6.07) is 3.39. The van der Waals surface area contributed by atoms with Crippen LogP contribution in [-0.2, 0) is 9.53 Å². The van der Waals surface area contributed by atoms with E-state index in [1.165, 1.54) is 0 Å². The number of nitrogens with one attached hydrogen (secondary N) is 1. The lowest BCUT2D eigenvalue weighted by atomic mass is 10.2. The molecule has 0 unspecified atom stereocenters. The smallest absolute Gasteiger partial charge is 0.325 e. The maximum absolute atomic E-state index is 11.1. The van der Waals surface area contributed by atoms with Gasteiger partial charge < -0.3 is 15.8 Å². The van der Waals surface area contributed by atoms with Crippen LogP contribution in [0, 0.1) is 0 Å². The molecule has 3 N–H and O–H groups in total. The molecule has 0 spiro atoms. The summed E-state index contributed by atoms with van der Waals surface area (Å²) in [5.74, 6) is 0.211. The maximum atomic E-state index is 11.1. The number of esters is 1. The Balaban J connectivity index is 2.57. The first-order chi connectivity index (χ1) is 7.63. The largest absolute Gasteiger partial charge is 0.465 e. The van der Waals surface area contributed by atoms with Gasteiger partial charge in [-0.2, -0.15) is 0 Å². The molecule has 0 radical (unpaired) electrons. The van der Waals surface area contributed by atoms with Crippen molar-refractivity contribution in [1.29, 1.82) is 0 Å². The van der Waals surface area contributed by atoms with Crippen molar-refractivity contribution in [3.05, 3.63) is 23.9 Å². The van der Waals surface area contributed by atoms with Gasteiger partial charge in [0.25, 0.3) is 0 Å². The summed E-state index contributed by atoms with van der Waals surface area (Å²) in [5, 5.41) is 2.82. The number of carbonyl (C=O) groups is 1. The molecule has 0 fully saturated rings. The van der Waals surface area contributed by atoms with Crippen LogP contribution >= 0.6 is 12.2 Å². The van der Waals surface area contributed by atoms with E-state index < -0.39 is 0 Å². The number of nitrogens with zero attached hydrogens (tertiary/aromatic N) is 1.